The third kappa shape index (κ3) is 3.46. The van der Waals surface area contributed by atoms with Gasteiger partial charge in [-0.2, -0.15) is 0 Å². The van der Waals surface area contributed by atoms with Crippen LogP contribution in [0.5, 0.6) is 5.75 Å². The zero-order chi connectivity index (χ0) is 20.4. The van der Waals surface area contributed by atoms with Crippen LogP contribution < -0.4 is 5.73 Å². The summed E-state index contributed by atoms with van der Waals surface area (Å²) in [5, 5.41) is 31.5. The van der Waals surface area contributed by atoms with E-state index in [1.54, 1.807) is 0 Å². The molecule has 0 atom stereocenters. The number of phenolic OH excluding ortho intramolecular Hbond substituents is 1. The van der Waals surface area contributed by atoms with Crippen LogP contribution in [0.1, 0.15) is 15.9 Å². The van der Waals surface area contributed by atoms with Crippen molar-refractivity contribution in [2.45, 2.75) is 0 Å². The van der Waals surface area contributed by atoms with Crippen molar-refractivity contribution in [3.05, 3.63) is 86.1 Å². The molecule has 0 aliphatic rings. The molecule has 0 bridgehead atoms. The molecule has 1 heterocycles. The monoisotopic (exact) mass is 380 g/mol. The van der Waals surface area contributed by atoms with Gasteiger partial charge in [0.2, 0.25) is 0 Å². The molecule has 0 amide bonds. The molecule has 0 radical (unpaired) electrons. The lowest BCUT2D eigenvalue weighted by atomic mass is 10.0. The highest BCUT2D eigenvalue weighted by molar-refractivity contribution is 6.11. The quantitative estimate of drug-likeness (QED) is 0.387. The number of pyridine rings is 1. The van der Waals surface area contributed by atoms with Gasteiger partial charge in [0.15, 0.2) is 5.78 Å². The van der Waals surface area contributed by atoms with Crippen LogP contribution in [0.2, 0.25) is 0 Å². The number of anilines is 1. The lowest BCUT2D eigenvalue weighted by Crippen LogP contribution is -2.05. The number of nitrogens with two attached hydrogens (primary N) is 1. The normalized spacial score (nSPS) is 10.4. The van der Waals surface area contributed by atoms with Crippen LogP contribution in [-0.2, 0) is 0 Å². The number of aromatic nitrogens is 1. The van der Waals surface area contributed by atoms with Crippen LogP contribution >= 0.6 is 0 Å². The predicted octanol–water partition coefficient (Wildman–Crippen LogP) is 3.08. The number of nitro benzene ring substituents is 2. The smallest absolute Gasteiger partial charge is 0.270 e. The zero-order valence-electron chi connectivity index (χ0n) is 14.1. The molecule has 3 rings (SSSR count). The van der Waals surface area contributed by atoms with E-state index in [0.717, 1.165) is 18.2 Å². The van der Waals surface area contributed by atoms with Crippen molar-refractivity contribution in [1.82, 2.24) is 4.98 Å². The average Bonchev–Trinajstić information content (AvgIpc) is 2.67. The maximum atomic E-state index is 12.6. The fourth-order valence-electron chi connectivity index (χ4n) is 2.56. The summed E-state index contributed by atoms with van der Waals surface area (Å²) in [5.74, 6) is -1.09. The van der Waals surface area contributed by atoms with Crippen LogP contribution in [-0.4, -0.2) is 25.7 Å². The van der Waals surface area contributed by atoms with Gasteiger partial charge >= 0.3 is 0 Å². The third-order valence-corrected chi connectivity index (χ3v) is 3.97. The number of hydrogen-bond donors (Lipinski definition) is 2. The van der Waals surface area contributed by atoms with E-state index in [1.807, 2.05) is 0 Å². The third-order valence-electron chi connectivity index (χ3n) is 3.97. The van der Waals surface area contributed by atoms with Crippen LogP contribution in [0.15, 0.2) is 54.7 Å². The Hall–Kier alpha value is -4.34. The molecule has 3 N–H and O–H groups in total. The molecule has 0 unspecified atom stereocenters. The molecule has 10 heteroatoms. The summed E-state index contributed by atoms with van der Waals surface area (Å²) in [7, 11) is 0. The van der Waals surface area contributed by atoms with E-state index in [-0.39, 0.29) is 28.2 Å². The Bertz CT molecular complexity index is 1110. The molecule has 28 heavy (non-hydrogen) atoms. The highest BCUT2D eigenvalue weighted by Crippen LogP contribution is 2.29. The van der Waals surface area contributed by atoms with E-state index in [9.17, 15) is 30.1 Å². The summed E-state index contributed by atoms with van der Waals surface area (Å²) in [5.41, 5.74) is 6.27. The van der Waals surface area contributed by atoms with Gasteiger partial charge in [-0.15, -0.1) is 0 Å². The number of aromatic hydroxyl groups is 1. The standard InChI is InChI=1S/C18H12N4O6/c19-15-7-11(18(24)14-8-13(22(27)28)5-6-16(14)23)9-20-17(15)10-1-3-12(4-2-10)21(25)26/h1-9,23H,19H2. The minimum Gasteiger partial charge on any atom is -0.507 e. The van der Waals surface area contributed by atoms with Crippen molar-refractivity contribution in [3.8, 4) is 17.0 Å². The minimum atomic E-state index is -0.685. The van der Waals surface area contributed by atoms with Gasteiger partial charge in [-0.05, 0) is 24.3 Å². The SMILES string of the molecule is Nc1cc(C(=O)c2cc([N+](=O)[O-])ccc2O)cnc1-c1ccc([N+](=O)[O-])cc1. The fourth-order valence-corrected chi connectivity index (χ4v) is 2.56. The predicted molar refractivity (Wildman–Crippen MR) is 98.9 cm³/mol. The molecule has 2 aromatic carbocycles. The number of phenols is 1. The average molecular weight is 380 g/mol. The van der Waals surface area contributed by atoms with E-state index in [1.165, 1.54) is 36.5 Å². The number of carbonyl (C=O) groups is 1. The Morgan fingerprint density at radius 1 is 0.964 bits per heavy atom. The molecule has 0 aliphatic carbocycles. The number of hydrogen-bond acceptors (Lipinski definition) is 8. The molecule has 0 aliphatic heterocycles. The Morgan fingerprint density at radius 2 is 1.57 bits per heavy atom. The largest absolute Gasteiger partial charge is 0.507 e. The maximum absolute atomic E-state index is 12.6. The van der Waals surface area contributed by atoms with Gasteiger partial charge in [0.25, 0.3) is 11.4 Å². The number of non-ortho nitro benzene ring substituents is 2. The van der Waals surface area contributed by atoms with Gasteiger partial charge in [0, 0.05) is 41.6 Å². The lowest BCUT2D eigenvalue weighted by Gasteiger charge is -2.08. The summed E-state index contributed by atoms with van der Waals surface area (Å²) in [6.45, 7) is 0. The van der Waals surface area contributed by atoms with Crippen molar-refractivity contribution >= 4 is 22.8 Å². The molecule has 0 spiro atoms. The van der Waals surface area contributed by atoms with E-state index >= 15 is 0 Å². The Morgan fingerprint density at radius 3 is 2.14 bits per heavy atom. The van der Waals surface area contributed by atoms with Crippen LogP contribution in [0.4, 0.5) is 17.1 Å². The summed E-state index contributed by atoms with van der Waals surface area (Å²) >= 11 is 0. The van der Waals surface area contributed by atoms with Gasteiger partial charge in [-0.25, -0.2) is 0 Å². The first-order valence-corrected chi connectivity index (χ1v) is 7.80. The molecule has 0 fully saturated rings. The molecular formula is C18H12N4O6. The van der Waals surface area contributed by atoms with E-state index in [0.29, 0.717) is 11.3 Å². The number of benzene rings is 2. The maximum Gasteiger partial charge on any atom is 0.270 e. The van der Waals surface area contributed by atoms with Crippen molar-refractivity contribution in [1.29, 1.82) is 0 Å². The molecule has 140 valence electrons. The lowest BCUT2D eigenvalue weighted by molar-refractivity contribution is -0.385. The van der Waals surface area contributed by atoms with Crippen LogP contribution in [0.25, 0.3) is 11.3 Å². The van der Waals surface area contributed by atoms with Gasteiger partial charge in [0.05, 0.1) is 26.8 Å². The number of nitrogen functional groups attached to an aromatic ring is 1. The van der Waals surface area contributed by atoms with Gasteiger partial charge < -0.3 is 10.8 Å². The van der Waals surface area contributed by atoms with Crippen molar-refractivity contribution < 1.29 is 19.7 Å². The van der Waals surface area contributed by atoms with Crippen molar-refractivity contribution in [3.63, 3.8) is 0 Å². The highest BCUT2D eigenvalue weighted by atomic mass is 16.6. The first kappa shape index (κ1) is 18.5. The summed E-state index contributed by atoms with van der Waals surface area (Å²) in [4.78, 5) is 37.1. The second-order valence-corrected chi connectivity index (χ2v) is 5.75. The number of ketones is 1. The Kier molecular flexibility index (Phi) is 4.69. The summed E-state index contributed by atoms with van der Waals surface area (Å²) in [6, 6.07) is 10.00. The number of nitrogens with zero attached hydrogens (tertiary/aromatic N) is 3. The number of carbonyl (C=O) groups excluding carboxylic acids is 1. The molecule has 1 aromatic heterocycles. The van der Waals surface area contributed by atoms with Gasteiger partial charge in [0.1, 0.15) is 5.75 Å². The molecule has 3 aromatic rings. The molecule has 10 nitrogen and oxygen atoms in total. The second kappa shape index (κ2) is 7.11. The number of nitro groups is 2. The minimum absolute atomic E-state index is 0.0268. The Balaban J connectivity index is 1.96. The van der Waals surface area contributed by atoms with Crippen molar-refractivity contribution in [2.24, 2.45) is 0 Å². The first-order chi connectivity index (χ1) is 13.3. The molecule has 0 saturated carbocycles. The topological polar surface area (TPSA) is 162 Å². The van der Waals surface area contributed by atoms with E-state index < -0.39 is 21.4 Å². The molecule has 0 saturated heterocycles. The van der Waals surface area contributed by atoms with Crippen LogP contribution in [0, 0.1) is 20.2 Å². The first-order valence-electron chi connectivity index (χ1n) is 7.80. The highest BCUT2D eigenvalue weighted by Gasteiger charge is 2.19. The fraction of sp³-hybridized carbons (Fsp3) is 0. The zero-order valence-corrected chi connectivity index (χ0v) is 14.1. The summed E-state index contributed by atoms with van der Waals surface area (Å²) in [6.07, 6.45) is 1.22. The van der Waals surface area contributed by atoms with E-state index in [2.05, 4.69) is 4.98 Å². The van der Waals surface area contributed by atoms with Crippen molar-refractivity contribution in [2.75, 3.05) is 5.73 Å². The second-order valence-electron chi connectivity index (χ2n) is 5.75. The van der Waals surface area contributed by atoms with Gasteiger partial charge in [-0.3, -0.25) is 30.0 Å². The Labute approximate surface area is 157 Å². The summed E-state index contributed by atoms with van der Waals surface area (Å²) < 4.78 is 0. The van der Waals surface area contributed by atoms with Crippen LogP contribution in [0.3, 0.4) is 0 Å². The van der Waals surface area contributed by atoms with Gasteiger partial charge in [-0.1, -0.05) is 0 Å². The number of rotatable bonds is 5. The molecular weight excluding hydrogens is 368 g/mol. The van der Waals surface area contributed by atoms with E-state index in [4.69, 9.17) is 5.73 Å².